The molecule has 0 unspecified atom stereocenters. The molecule has 31 heavy (non-hydrogen) atoms. The molecule has 0 radical (unpaired) electrons. The van der Waals surface area contributed by atoms with Crippen molar-refractivity contribution in [2.24, 2.45) is 0 Å². The highest BCUT2D eigenvalue weighted by atomic mass is 16.5. The Morgan fingerprint density at radius 1 is 1.03 bits per heavy atom. The third-order valence-electron chi connectivity index (χ3n) is 5.22. The fourth-order valence-corrected chi connectivity index (χ4v) is 3.71. The van der Waals surface area contributed by atoms with Crippen LogP contribution in [0.15, 0.2) is 60.7 Å². The van der Waals surface area contributed by atoms with Gasteiger partial charge in [0.1, 0.15) is 0 Å². The lowest BCUT2D eigenvalue weighted by atomic mass is 10.1. The standard InChI is InChI=1S/C24H26N4O3/c29-22(30)17-31-23-20-16-28(15-19-9-5-2-6-10-19)14-12-21(20)26-24(27-23)25-13-11-18-7-3-1-4-8-18/h1-10H,11-17H2,(H,29,30)(H,25,26,27). The average Bonchev–Trinajstić information content (AvgIpc) is 2.79. The maximum Gasteiger partial charge on any atom is 0.341 e. The highest BCUT2D eigenvalue weighted by molar-refractivity contribution is 5.68. The summed E-state index contributed by atoms with van der Waals surface area (Å²) in [7, 11) is 0. The number of aliphatic carboxylic acids is 1. The van der Waals surface area contributed by atoms with Gasteiger partial charge in [-0.2, -0.15) is 4.98 Å². The number of rotatable bonds is 9. The zero-order chi connectivity index (χ0) is 21.5. The average molecular weight is 418 g/mol. The summed E-state index contributed by atoms with van der Waals surface area (Å²) in [5.74, 6) is -0.193. The fourth-order valence-electron chi connectivity index (χ4n) is 3.71. The fraction of sp³-hybridized carbons (Fsp3) is 0.292. The quantitative estimate of drug-likeness (QED) is 0.552. The number of aromatic nitrogens is 2. The predicted molar refractivity (Wildman–Crippen MR) is 118 cm³/mol. The van der Waals surface area contributed by atoms with Gasteiger partial charge in [0.05, 0.1) is 11.3 Å². The topological polar surface area (TPSA) is 87.6 Å². The predicted octanol–water partition coefficient (Wildman–Crippen LogP) is 3.15. The van der Waals surface area contributed by atoms with Gasteiger partial charge in [0.2, 0.25) is 11.8 Å². The number of hydrogen-bond acceptors (Lipinski definition) is 6. The summed E-state index contributed by atoms with van der Waals surface area (Å²) in [6, 6.07) is 20.5. The Morgan fingerprint density at radius 3 is 2.45 bits per heavy atom. The molecule has 160 valence electrons. The number of hydrogen-bond donors (Lipinski definition) is 2. The molecule has 1 aromatic heterocycles. The van der Waals surface area contributed by atoms with Crippen LogP contribution in [-0.2, 0) is 30.7 Å². The Hall–Kier alpha value is -3.45. The van der Waals surface area contributed by atoms with Crippen LogP contribution >= 0.6 is 0 Å². The zero-order valence-electron chi connectivity index (χ0n) is 17.3. The maximum atomic E-state index is 11.1. The third-order valence-corrected chi connectivity index (χ3v) is 5.22. The SMILES string of the molecule is O=C(O)COc1nc(NCCc2ccccc2)nc2c1CN(Cc1ccccc1)CC2. The van der Waals surface area contributed by atoms with Gasteiger partial charge in [-0.1, -0.05) is 60.7 Å². The Labute approximate surface area is 181 Å². The summed E-state index contributed by atoms with van der Waals surface area (Å²) in [4.78, 5) is 22.6. The molecule has 1 aliphatic heterocycles. The molecule has 4 rings (SSSR count). The number of ether oxygens (including phenoxy) is 1. The summed E-state index contributed by atoms with van der Waals surface area (Å²) in [6.45, 7) is 2.58. The van der Waals surface area contributed by atoms with Gasteiger partial charge >= 0.3 is 5.97 Å². The molecule has 2 aromatic carbocycles. The summed E-state index contributed by atoms with van der Waals surface area (Å²) < 4.78 is 5.55. The molecule has 7 nitrogen and oxygen atoms in total. The van der Waals surface area contributed by atoms with E-state index >= 15 is 0 Å². The van der Waals surface area contributed by atoms with Crippen LogP contribution in [-0.4, -0.2) is 45.6 Å². The van der Waals surface area contributed by atoms with Gasteiger partial charge in [0, 0.05) is 32.6 Å². The number of carboxylic acid groups (broad SMARTS) is 1. The van der Waals surface area contributed by atoms with Crippen LogP contribution in [0, 0.1) is 0 Å². The van der Waals surface area contributed by atoms with Gasteiger partial charge in [-0.15, -0.1) is 0 Å². The smallest absolute Gasteiger partial charge is 0.341 e. The van der Waals surface area contributed by atoms with Crippen LogP contribution in [0.1, 0.15) is 22.4 Å². The largest absolute Gasteiger partial charge is 0.479 e. The van der Waals surface area contributed by atoms with Gasteiger partial charge < -0.3 is 15.2 Å². The molecule has 3 aromatic rings. The maximum absolute atomic E-state index is 11.1. The third kappa shape index (κ3) is 5.79. The van der Waals surface area contributed by atoms with Crippen LogP contribution < -0.4 is 10.1 Å². The van der Waals surface area contributed by atoms with E-state index in [0.29, 0.717) is 24.9 Å². The first kappa shape index (κ1) is 20.8. The van der Waals surface area contributed by atoms with Crippen molar-refractivity contribution >= 4 is 11.9 Å². The number of nitrogens with one attached hydrogen (secondary N) is 1. The number of carbonyl (C=O) groups is 1. The lowest BCUT2D eigenvalue weighted by Gasteiger charge is -2.29. The molecule has 0 aliphatic carbocycles. The molecule has 7 heteroatoms. The zero-order valence-corrected chi connectivity index (χ0v) is 17.3. The molecule has 0 spiro atoms. The lowest BCUT2D eigenvalue weighted by molar-refractivity contribution is -0.139. The van der Waals surface area contributed by atoms with Crippen molar-refractivity contribution in [3.8, 4) is 5.88 Å². The minimum absolute atomic E-state index is 0.354. The Bertz CT molecular complexity index is 1010. The van der Waals surface area contributed by atoms with E-state index in [1.54, 1.807) is 0 Å². The van der Waals surface area contributed by atoms with E-state index in [1.807, 2.05) is 36.4 Å². The molecule has 0 saturated carbocycles. The van der Waals surface area contributed by atoms with E-state index in [2.05, 4.69) is 39.5 Å². The molecular formula is C24H26N4O3. The summed E-state index contributed by atoms with van der Waals surface area (Å²) in [6.07, 6.45) is 1.61. The van der Waals surface area contributed by atoms with Crippen LogP contribution in [0.3, 0.4) is 0 Å². The Kier molecular flexibility index (Phi) is 6.74. The van der Waals surface area contributed by atoms with E-state index in [4.69, 9.17) is 14.8 Å². The second-order valence-electron chi connectivity index (χ2n) is 7.57. The van der Waals surface area contributed by atoms with Gasteiger partial charge in [0.15, 0.2) is 6.61 Å². The first-order valence-corrected chi connectivity index (χ1v) is 10.5. The molecule has 0 bridgehead atoms. The van der Waals surface area contributed by atoms with Crippen molar-refractivity contribution in [2.45, 2.75) is 25.9 Å². The number of anilines is 1. The van der Waals surface area contributed by atoms with E-state index in [0.717, 1.165) is 37.2 Å². The second kappa shape index (κ2) is 10.0. The number of fused-ring (bicyclic) bond motifs is 1. The molecule has 0 atom stereocenters. The van der Waals surface area contributed by atoms with Gasteiger partial charge in [0.25, 0.3) is 0 Å². The van der Waals surface area contributed by atoms with Crippen LogP contribution in [0.4, 0.5) is 5.95 Å². The van der Waals surface area contributed by atoms with E-state index in [9.17, 15) is 4.79 Å². The summed E-state index contributed by atoms with van der Waals surface area (Å²) >= 11 is 0. The minimum atomic E-state index is -1.03. The van der Waals surface area contributed by atoms with Crippen molar-refractivity contribution in [1.82, 2.24) is 14.9 Å². The monoisotopic (exact) mass is 418 g/mol. The first-order chi connectivity index (χ1) is 15.2. The molecule has 0 saturated heterocycles. The lowest BCUT2D eigenvalue weighted by Crippen LogP contribution is -2.32. The highest BCUT2D eigenvalue weighted by Crippen LogP contribution is 2.28. The van der Waals surface area contributed by atoms with Gasteiger partial charge in [-0.3, -0.25) is 4.90 Å². The summed E-state index contributed by atoms with van der Waals surface area (Å²) in [5, 5.41) is 12.3. The Balaban J connectivity index is 1.48. The minimum Gasteiger partial charge on any atom is -0.479 e. The number of nitrogens with zero attached hydrogens (tertiary/aromatic N) is 3. The summed E-state index contributed by atoms with van der Waals surface area (Å²) in [5.41, 5.74) is 4.25. The number of carboxylic acids is 1. The Morgan fingerprint density at radius 2 is 1.74 bits per heavy atom. The van der Waals surface area contributed by atoms with Crippen LogP contribution in [0.2, 0.25) is 0 Å². The molecule has 1 aliphatic rings. The van der Waals surface area contributed by atoms with Gasteiger partial charge in [-0.05, 0) is 17.5 Å². The molecule has 2 N–H and O–H groups in total. The van der Waals surface area contributed by atoms with Crippen molar-refractivity contribution in [3.05, 3.63) is 83.0 Å². The highest BCUT2D eigenvalue weighted by Gasteiger charge is 2.24. The molecule has 0 fully saturated rings. The second-order valence-corrected chi connectivity index (χ2v) is 7.57. The van der Waals surface area contributed by atoms with Crippen molar-refractivity contribution in [3.63, 3.8) is 0 Å². The van der Waals surface area contributed by atoms with Crippen LogP contribution in [0.5, 0.6) is 5.88 Å². The van der Waals surface area contributed by atoms with Crippen molar-refractivity contribution < 1.29 is 14.6 Å². The van der Waals surface area contributed by atoms with E-state index < -0.39 is 12.6 Å². The first-order valence-electron chi connectivity index (χ1n) is 10.5. The normalized spacial score (nSPS) is 13.4. The van der Waals surface area contributed by atoms with E-state index in [-0.39, 0.29) is 0 Å². The molecule has 0 amide bonds. The van der Waals surface area contributed by atoms with Crippen LogP contribution in [0.25, 0.3) is 0 Å². The molecular weight excluding hydrogens is 392 g/mol. The van der Waals surface area contributed by atoms with Gasteiger partial charge in [-0.25, -0.2) is 9.78 Å². The molecule has 2 heterocycles. The van der Waals surface area contributed by atoms with Crippen molar-refractivity contribution in [1.29, 1.82) is 0 Å². The number of benzene rings is 2. The van der Waals surface area contributed by atoms with E-state index in [1.165, 1.54) is 11.1 Å². The van der Waals surface area contributed by atoms with Crippen molar-refractivity contribution in [2.75, 3.05) is 25.0 Å².